The largest absolute Gasteiger partial charge is 0.478 e. The number of carboxylic acids is 1. The average molecular weight is 303 g/mol. The van der Waals surface area contributed by atoms with Gasteiger partial charge in [0, 0.05) is 17.2 Å². The molecule has 4 nitrogen and oxygen atoms in total. The molecule has 0 radical (unpaired) electrons. The highest BCUT2D eigenvalue weighted by molar-refractivity contribution is 6.55. The van der Waals surface area contributed by atoms with Crippen molar-refractivity contribution >= 4 is 29.2 Å². The summed E-state index contributed by atoms with van der Waals surface area (Å²) in [5.41, 5.74) is 0.736. The van der Waals surface area contributed by atoms with Gasteiger partial charge in [-0.05, 0) is 13.8 Å². The van der Waals surface area contributed by atoms with Gasteiger partial charge in [-0.3, -0.25) is 0 Å². The second kappa shape index (κ2) is 21.3. The number of rotatable bonds is 1. The summed E-state index contributed by atoms with van der Waals surface area (Å²) in [5.74, 6) is -0.935. The fourth-order valence-electron chi connectivity index (χ4n) is 0. The first kappa shape index (κ1) is 25.7. The summed E-state index contributed by atoms with van der Waals surface area (Å²) in [6, 6.07) is 3.53. The van der Waals surface area contributed by atoms with Crippen LogP contribution in [0.5, 0.6) is 0 Å². The molecule has 0 rings (SSSR count). The first-order valence-corrected chi connectivity index (χ1v) is 5.27. The molecule has 0 aromatic heterocycles. The minimum absolute atomic E-state index is 0.111. The molecule has 1 N–H and O–H groups in total. The fourth-order valence-corrected chi connectivity index (χ4v) is 0. The molecule has 0 fully saturated rings. The summed E-state index contributed by atoms with van der Waals surface area (Å²) in [4.78, 5) is 9.60. The van der Waals surface area contributed by atoms with Crippen molar-refractivity contribution in [2.24, 2.45) is 0 Å². The molecule has 0 aliphatic heterocycles. The van der Waals surface area contributed by atoms with Crippen molar-refractivity contribution in [3.8, 4) is 12.1 Å². The standard InChI is InChI=1S/C4H5N.C4H6O2.C3H3N.C2H2Cl2/c1-4(2)3-5;1-3(2)4(5)6;1-2-3-4;1-2(3)4/h1H2,2H3;1H2,2H3,(H,5,6);2H,1H2;1H2. The van der Waals surface area contributed by atoms with Gasteiger partial charge in [0.2, 0.25) is 0 Å². The molecule has 0 amide bonds. The van der Waals surface area contributed by atoms with Crippen LogP contribution in [0.15, 0.2) is 48.0 Å². The molecular weight excluding hydrogens is 287 g/mol. The molecule has 6 heteroatoms. The van der Waals surface area contributed by atoms with Crippen molar-refractivity contribution < 1.29 is 9.90 Å². The maximum absolute atomic E-state index is 9.60. The van der Waals surface area contributed by atoms with Crippen LogP contribution < -0.4 is 0 Å². The lowest BCUT2D eigenvalue weighted by Crippen LogP contribution is -1.92. The van der Waals surface area contributed by atoms with Crippen molar-refractivity contribution in [2.45, 2.75) is 13.8 Å². The summed E-state index contributed by atoms with van der Waals surface area (Å²) >= 11 is 9.69. The van der Waals surface area contributed by atoms with E-state index in [1.165, 1.54) is 13.0 Å². The third-order valence-electron chi connectivity index (χ3n) is 0.647. The summed E-state index contributed by atoms with van der Waals surface area (Å²) in [6.45, 7) is 15.8. The zero-order chi connectivity index (χ0) is 16.4. The number of nitrogens with zero attached hydrogens (tertiary/aromatic N) is 2. The van der Waals surface area contributed by atoms with Crippen molar-refractivity contribution in [2.75, 3.05) is 0 Å². The first-order chi connectivity index (χ1) is 8.56. The highest BCUT2D eigenvalue weighted by Crippen LogP contribution is 1.98. The van der Waals surface area contributed by atoms with Crippen molar-refractivity contribution in [1.29, 1.82) is 10.5 Å². The molecule has 0 bridgehead atoms. The van der Waals surface area contributed by atoms with Crippen LogP contribution in [0.25, 0.3) is 0 Å². The molecule has 0 aliphatic rings. The van der Waals surface area contributed by atoms with E-state index in [0.29, 0.717) is 5.57 Å². The van der Waals surface area contributed by atoms with Gasteiger partial charge in [-0.1, -0.05) is 49.5 Å². The Labute approximate surface area is 124 Å². The van der Waals surface area contributed by atoms with Crippen molar-refractivity contribution in [1.82, 2.24) is 0 Å². The van der Waals surface area contributed by atoms with E-state index in [9.17, 15) is 4.79 Å². The SMILES string of the molecule is C=C(C)C#N.C=C(C)C(=O)O.C=C(Cl)Cl.C=CC#N. The predicted octanol–water partition coefficient (Wildman–Crippen LogP) is 4.36. The lowest BCUT2D eigenvalue weighted by atomic mass is 10.4. The van der Waals surface area contributed by atoms with Gasteiger partial charge in [-0.2, -0.15) is 10.5 Å². The number of carbonyl (C=O) groups is 1. The monoisotopic (exact) mass is 302 g/mol. The van der Waals surface area contributed by atoms with Crippen LogP contribution in [0, 0.1) is 22.7 Å². The van der Waals surface area contributed by atoms with E-state index in [1.807, 2.05) is 6.07 Å². The van der Waals surface area contributed by atoms with E-state index >= 15 is 0 Å². The molecule has 0 spiro atoms. The Hall–Kier alpha value is -2.01. The van der Waals surface area contributed by atoms with E-state index in [-0.39, 0.29) is 10.1 Å². The molecule has 19 heavy (non-hydrogen) atoms. The number of aliphatic carboxylic acids is 1. The van der Waals surface area contributed by atoms with Crippen LogP contribution in [0.3, 0.4) is 0 Å². The maximum atomic E-state index is 9.60. The van der Waals surface area contributed by atoms with Gasteiger partial charge >= 0.3 is 5.97 Å². The Morgan fingerprint density at radius 1 is 1.21 bits per heavy atom. The van der Waals surface area contributed by atoms with E-state index in [2.05, 4.69) is 26.3 Å². The van der Waals surface area contributed by atoms with Crippen molar-refractivity contribution in [3.63, 3.8) is 0 Å². The molecular formula is C13H16Cl2N2O2. The van der Waals surface area contributed by atoms with Crippen LogP contribution in [0.4, 0.5) is 0 Å². The molecule has 0 unspecified atom stereocenters. The summed E-state index contributed by atoms with van der Waals surface area (Å²) in [6.07, 6.45) is 1.18. The van der Waals surface area contributed by atoms with E-state index in [1.54, 1.807) is 13.0 Å². The molecule has 0 aromatic carbocycles. The zero-order valence-corrected chi connectivity index (χ0v) is 12.4. The van der Waals surface area contributed by atoms with Gasteiger partial charge in [0.25, 0.3) is 0 Å². The number of halogens is 2. The Bertz CT molecular complexity index is 386. The lowest BCUT2D eigenvalue weighted by Gasteiger charge is -1.79. The van der Waals surface area contributed by atoms with Crippen LogP contribution in [0.1, 0.15) is 13.8 Å². The molecule has 0 aromatic rings. The summed E-state index contributed by atoms with van der Waals surface area (Å²) < 4.78 is 0.111. The van der Waals surface area contributed by atoms with Gasteiger partial charge in [-0.15, -0.1) is 0 Å². The Morgan fingerprint density at radius 3 is 1.37 bits per heavy atom. The number of hydrogen-bond acceptors (Lipinski definition) is 3. The smallest absolute Gasteiger partial charge is 0.330 e. The van der Waals surface area contributed by atoms with Crippen LogP contribution in [-0.4, -0.2) is 11.1 Å². The third-order valence-corrected chi connectivity index (χ3v) is 0.647. The maximum Gasteiger partial charge on any atom is 0.330 e. The van der Waals surface area contributed by atoms with E-state index < -0.39 is 5.97 Å². The molecule has 0 heterocycles. The van der Waals surface area contributed by atoms with Crippen LogP contribution >= 0.6 is 23.2 Å². The number of nitriles is 2. The zero-order valence-electron chi connectivity index (χ0n) is 10.9. The average Bonchev–Trinajstić information content (AvgIpc) is 2.29. The highest BCUT2D eigenvalue weighted by Gasteiger charge is 1.90. The molecule has 0 atom stereocenters. The normalized spacial score (nSPS) is 6.00. The second-order valence-electron chi connectivity index (χ2n) is 2.65. The Balaban J connectivity index is -0.0000000803. The van der Waals surface area contributed by atoms with Gasteiger partial charge in [-0.25, -0.2) is 4.79 Å². The highest BCUT2D eigenvalue weighted by atomic mass is 35.5. The van der Waals surface area contributed by atoms with Gasteiger partial charge < -0.3 is 5.11 Å². The molecule has 0 aliphatic carbocycles. The number of carboxylic acid groups (broad SMARTS) is 1. The Morgan fingerprint density at radius 2 is 1.37 bits per heavy atom. The third kappa shape index (κ3) is 126. The van der Waals surface area contributed by atoms with E-state index in [0.717, 1.165) is 0 Å². The van der Waals surface area contributed by atoms with Gasteiger partial charge in [0.1, 0.15) is 0 Å². The number of allylic oxidation sites excluding steroid dienone is 2. The quantitative estimate of drug-likeness (QED) is 0.576. The topological polar surface area (TPSA) is 84.9 Å². The predicted molar refractivity (Wildman–Crippen MR) is 79.5 cm³/mol. The Kier molecular flexibility index (Phi) is 28.9. The van der Waals surface area contributed by atoms with E-state index in [4.69, 9.17) is 38.8 Å². The molecule has 0 saturated heterocycles. The molecule has 0 saturated carbocycles. The first-order valence-electron chi connectivity index (χ1n) is 4.51. The minimum atomic E-state index is -0.935. The summed E-state index contributed by atoms with van der Waals surface area (Å²) in [7, 11) is 0. The second-order valence-corrected chi connectivity index (χ2v) is 3.76. The van der Waals surface area contributed by atoms with Crippen LogP contribution in [0.2, 0.25) is 0 Å². The summed E-state index contributed by atoms with van der Waals surface area (Å²) in [5, 5.41) is 23.2. The lowest BCUT2D eigenvalue weighted by molar-refractivity contribution is -0.132. The number of hydrogen-bond donors (Lipinski definition) is 1. The fraction of sp³-hybridized carbons (Fsp3) is 0.154. The molecule has 104 valence electrons. The van der Waals surface area contributed by atoms with Crippen molar-refractivity contribution in [3.05, 3.63) is 48.0 Å². The van der Waals surface area contributed by atoms with Gasteiger partial charge in [0.15, 0.2) is 0 Å². The van der Waals surface area contributed by atoms with Gasteiger partial charge in [0.05, 0.1) is 16.6 Å². The van der Waals surface area contributed by atoms with Crippen LogP contribution in [-0.2, 0) is 4.79 Å². The minimum Gasteiger partial charge on any atom is -0.478 e.